The van der Waals surface area contributed by atoms with Crippen molar-refractivity contribution in [1.29, 1.82) is 0 Å². The van der Waals surface area contributed by atoms with Gasteiger partial charge in [0, 0.05) is 81.9 Å². The lowest BCUT2D eigenvalue weighted by Gasteiger charge is -2.25. The highest BCUT2D eigenvalue weighted by atomic mass is 33.1. The van der Waals surface area contributed by atoms with Gasteiger partial charge in [0.1, 0.15) is 8.64 Å². The van der Waals surface area contributed by atoms with Gasteiger partial charge in [-0.25, -0.2) is 0 Å². The second kappa shape index (κ2) is 18.0. The Hall–Kier alpha value is 0.674. The SMILES string of the molecule is CO[Si](CCCCN(C)C(=S)SSC(=S)N(C)CCCC[Si](OC)(OC)OC)(OC)OC. The van der Waals surface area contributed by atoms with Crippen LogP contribution in [0.15, 0.2) is 0 Å². The first-order valence-corrected chi connectivity index (χ1v) is 17.2. The highest BCUT2D eigenvalue weighted by molar-refractivity contribution is 8.89. The summed E-state index contributed by atoms with van der Waals surface area (Å²) < 4.78 is 34.4. The lowest BCUT2D eigenvalue weighted by Crippen LogP contribution is -2.42. The van der Waals surface area contributed by atoms with Crippen molar-refractivity contribution in [3.05, 3.63) is 0 Å². The Kier molecular flexibility index (Phi) is 18.4. The van der Waals surface area contributed by atoms with E-state index < -0.39 is 17.6 Å². The summed E-state index contributed by atoms with van der Waals surface area (Å²) in [7, 11) is 11.9. The molecule has 0 rings (SSSR count). The van der Waals surface area contributed by atoms with Crippen LogP contribution in [-0.2, 0) is 26.6 Å². The third-order valence-corrected chi connectivity index (χ3v) is 14.7. The van der Waals surface area contributed by atoms with Crippen molar-refractivity contribution in [1.82, 2.24) is 9.80 Å². The van der Waals surface area contributed by atoms with Crippen LogP contribution in [0.25, 0.3) is 0 Å². The molecule has 0 aliphatic rings. The van der Waals surface area contributed by atoms with Gasteiger partial charge >= 0.3 is 17.6 Å². The maximum Gasteiger partial charge on any atom is 0.500 e. The highest BCUT2D eigenvalue weighted by Crippen LogP contribution is 2.28. The topological polar surface area (TPSA) is 61.9 Å². The Bertz CT molecular complexity index is 483. The molecule has 0 aromatic rings. The van der Waals surface area contributed by atoms with E-state index in [0.717, 1.165) is 59.5 Å². The van der Waals surface area contributed by atoms with E-state index in [2.05, 4.69) is 9.80 Å². The third kappa shape index (κ3) is 11.9. The maximum absolute atomic E-state index is 5.55. The molecule has 0 spiro atoms. The van der Waals surface area contributed by atoms with Crippen molar-refractivity contribution >= 4 is 72.3 Å². The summed E-state index contributed by atoms with van der Waals surface area (Å²) >= 11 is 11.1. The van der Waals surface area contributed by atoms with Crippen LogP contribution in [0.5, 0.6) is 0 Å². The fraction of sp³-hybridized carbons (Fsp3) is 0.889. The van der Waals surface area contributed by atoms with Crippen LogP contribution < -0.4 is 0 Å². The van der Waals surface area contributed by atoms with E-state index in [9.17, 15) is 0 Å². The average molecular weight is 565 g/mol. The van der Waals surface area contributed by atoms with E-state index in [1.54, 1.807) is 42.7 Å². The number of unbranched alkanes of at least 4 members (excludes halogenated alkanes) is 2. The van der Waals surface area contributed by atoms with Gasteiger partial charge in [0.25, 0.3) is 0 Å². The zero-order valence-corrected chi connectivity index (χ0v) is 25.9. The van der Waals surface area contributed by atoms with Crippen molar-refractivity contribution in [2.24, 2.45) is 0 Å². The molecule has 0 N–H and O–H groups in total. The monoisotopic (exact) mass is 564 g/mol. The van der Waals surface area contributed by atoms with Crippen molar-refractivity contribution in [2.45, 2.75) is 37.8 Å². The Morgan fingerprint density at radius 3 is 1.12 bits per heavy atom. The summed E-state index contributed by atoms with van der Waals surface area (Å²) in [5.74, 6) is 0. The first kappa shape index (κ1) is 32.7. The van der Waals surface area contributed by atoms with E-state index in [0.29, 0.717) is 0 Å². The van der Waals surface area contributed by atoms with Crippen LogP contribution in [0.4, 0.5) is 0 Å². The molecular weight excluding hydrogens is 525 g/mol. The normalized spacial score (nSPS) is 12.1. The van der Waals surface area contributed by atoms with Crippen molar-refractivity contribution in [3.63, 3.8) is 0 Å². The van der Waals surface area contributed by atoms with E-state index in [1.165, 1.54) is 21.6 Å². The van der Waals surface area contributed by atoms with Gasteiger partial charge in [-0.05, 0) is 47.3 Å². The number of hydrogen-bond acceptors (Lipinski definition) is 10. The minimum atomic E-state index is -2.49. The summed E-state index contributed by atoms with van der Waals surface area (Å²) in [4.78, 5) is 4.16. The predicted molar refractivity (Wildman–Crippen MR) is 147 cm³/mol. The van der Waals surface area contributed by atoms with Crippen LogP contribution in [-0.4, -0.2) is 106 Å². The summed E-state index contributed by atoms with van der Waals surface area (Å²) in [5, 5.41) is 0. The molecule has 32 heavy (non-hydrogen) atoms. The van der Waals surface area contributed by atoms with Crippen LogP contribution >= 0.6 is 46.0 Å². The first-order chi connectivity index (χ1) is 15.2. The molecule has 0 aliphatic heterocycles. The molecule has 0 aliphatic carbocycles. The standard InChI is InChI=1S/C18H40N2O6S4Si2/c1-19(13-9-11-15-31(21-3,22-4)23-5)17(27)29-30-18(28)20(2)14-10-12-16-32(24-6,25-7)26-8/h9-16H2,1-8H3. The van der Waals surface area contributed by atoms with Crippen LogP contribution in [0.1, 0.15) is 25.7 Å². The minimum Gasteiger partial charge on any atom is -0.377 e. The largest absolute Gasteiger partial charge is 0.500 e. The molecule has 8 nitrogen and oxygen atoms in total. The van der Waals surface area contributed by atoms with Crippen LogP contribution in [0.2, 0.25) is 12.1 Å². The third-order valence-electron chi connectivity index (χ3n) is 5.13. The summed E-state index contributed by atoms with van der Waals surface area (Å²) in [6, 6.07) is 1.58. The Morgan fingerprint density at radius 2 is 0.875 bits per heavy atom. The molecule has 0 bridgehead atoms. The molecule has 0 atom stereocenters. The molecule has 14 heteroatoms. The molecule has 0 amide bonds. The number of thiocarbonyl (C=S) groups is 2. The zero-order valence-electron chi connectivity index (χ0n) is 20.6. The van der Waals surface area contributed by atoms with Crippen molar-refractivity contribution < 1.29 is 26.6 Å². The second-order valence-corrected chi connectivity index (χ2v) is 16.6. The van der Waals surface area contributed by atoms with Gasteiger partial charge in [0.05, 0.1) is 0 Å². The van der Waals surface area contributed by atoms with Crippen LogP contribution in [0.3, 0.4) is 0 Å². The Labute approximate surface area is 215 Å². The summed E-state index contributed by atoms with van der Waals surface area (Å²) in [6.07, 6.45) is 3.86. The smallest absolute Gasteiger partial charge is 0.377 e. The van der Waals surface area contributed by atoms with E-state index in [1.807, 2.05) is 14.1 Å². The molecule has 0 unspecified atom stereocenters. The number of rotatable bonds is 16. The quantitative estimate of drug-likeness (QED) is 0.117. The Morgan fingerprint density at radius 1 is 0.594 bits per heavy atom. The molecule has 190 valence electrons. The van der Waals surface area contributed by atoms with Gasteiger partial charge < -0.3 is 36.4 Å². The van der Waals surface area contributed by atoms with Gasteiger partial charge in [-0.15, -0.1) is 0 Å². The fourth-order valence-corrected chi connectivity index (χ4v) is 9.03. The van der Waals surface area contributed by atoms with E-state index in [4.69, 9.17) is 51.0 Å². The van der Waals surface area contributed by atoms with E-state index in [-0.39, 0.29) is 0 Å². The lowest BCUT2D eigenvalue weighted by molar-refractivity contribution is 0.122. The lowest BCUT2D eigenvalue weighted by atomic mass is 10.3. The van der Waals surface area contributed by atoms with Gasteiger partial charge in [0.2, 0.25) is 0 Å². The van der Waals surface area contributed by atoms with Gasteiger partial charge in [-0.1, -0.05) is 24.4 Å². The Balaban J connectivity index is 4.16. The number of nitrogens with zero attached hydrogens (tertiary/aromatic N) is 2. The minimum absolute atomic E-state index is 0.788. The van der Waals surface area contributed by atoms with Gasteiger partial charge in [-0.2, -0.15) is 0 Å². The average Bonchev–Trinajstić information content (AvgIpc) is 2.83. The molecule has 0 fully saturated rings. The second-order valence-electron chi connectivity index (χ2n) is 7.05. The molecule has 0 aromatic carbocycles. The maximum atomic E-state index is 5.55. The van der Waals surface area contributed by atoms with Crippen LogP contribution in [0, 0.1) is 0 Å². The molecule has 0 saturated carbocycles. The predicted octanol–water partition coefficient (Wildman–Crippen LogP) is 4.12. The molecular formula is C18H40N2O6S4Si2. The van der Waals surface area contributed by atoms with Crippen molar-refractivity contribution in [2.75, 3.05) is 69.8 Å². The fourth-order valence-electron chi connectivity index (χ4n) is 2.87. The molecule has 0 aromatic heterocycles. The van der Waals surface area contributed by atoms with Gasteiger partial charge in [0.15, 0.2) is 0 Å². The van der Waals surface area contributed by atoms with Gasteiger partial charge in [-0.3, -0.25) is 0 Å². The van der Waals surface area contributed by atoms with E-state index >= 15 is 0 Å². The summed E-state index contributed by atoms with van der Waals surface area (Å²) in [6.45, 7) is 1.72. The van der Waals surface area contributed by atoms with Crippen molar-refractivity contribution in [3.8, 4) is 0 Å². The molecule has 0 radical (unpaired) electrons. The zero-order chi connectivity index (χ0) is 24.6. The molecule has 0 heterocycles. The summed E-state index contributed by atoms with van der Waals surface area (Å²) in [5.41, 5.74) is 0. The first-order valence-electron chi connectivity index (χ1n) is 10.3. The molecule has 0 saturated heterocycles. The highest BCUT2D eigenvalue weighted by Gasteiger charge is 2.37. The number of hydrogen-bond donors (Lipinski definition) is 0.